The highest BCUT2D eigenvalue weighted by atomic mass is 16.2. The number of hydrogen-bond acceptors (Lipinski definition) is 3. The summed E-state index contributed by atoms with van der Waals surface area (Å²) in [7, 11) is 0. The summed E-state index contributed by atoms with van der Waals surface area (Å²) in [5.74, 6) is -0.217. The lowest BCUT2D eigenvalue weighted by Gasteiger charge is -2.11. The summed E-state index contributed by atoms with van der Waals surface area (Å²) in [5.41, 5.74) is 6.76. The van der Waals surface area contributed by atoms with E-state index in [0.29, 0.717) is 19.4 Å². The van der Waals surface area contributed by atoms with Crippen molar-refractivity contribution in [1.29, 1.82) is 0 Å². The molecule has 1 aromatic rings. The first-order valence-electron chi connectivity index (χ1n) is 5.25. The van der Waals surface area contributed by atoms with Gasteiger partial charge in [0.15, 0.2) is 0 Å². The minimum atomic E-state index is -0.561. The van der Waals surface area contributed by atoms with Crippen LogP contribution in [0.15, 0.2) is 30.3 Å². The highest BCUT2D eigenvalue weighted by Crippen LogP contribution is 2.01. The van der Waals surface area contributed by atoms with E-state index in [4.69, 9.17) is 5.73 Å². The summed E-state index contributed by atoms with van der Waals surface area (Å²) in [4.78, 5) is 21.5. The van der Waals surface area contributed by atoms with Crippen LogP contribution in [0, 0.1) is 0 Å². The average molecular weight is 220 g/mol. The number of nitrogens with two attached hydrogens (primary N) is 1. The molecule has 3 N–H and O–H groups in total. The molecule has 4 nitrogen and oxygen atoms in total. The monoisotopic (exact) mass is 220 g/mol. The van der Waals surface area contributed by atoms with Crippen molar-refractivity contribution in [2.45, 2.75) is 18.9 Å². The first-order chi connectivity index (χ1) is 7.74. The van der Waals surface area contributed by atoms with Crippen molar-refractivity contribution in [1.82, 2.24) is 5.32 Å². The maximum Gasteiger partial charge on any atom is 0.237 e. The van der Waals surface area contributed by atoms with Crippen molar-refractivity contribution in [2.75, 3.05) is 6.54 Å². The van der Waals surface area contributed by atoms with E-state index >= 15 is 0 Å². The van der Waals surface area contributed by atoms with Gasteiger partial charge in [0, 0.05) is 13.0 Å². The first-order valence-corrected chi connectivity index (χ1v) is 5.25. The van der Waals surface area contributed by atoms with E-state index in [1.54, 1.807) is 0 Å². The highest BCUT2D eigenvalue weighted by Gasteiger charge is 2.12. The van der Waals surface area contributed by atoms with Crippen LogP contribution in [-0.4, -0.2) is 24.8 Å². The van der Waals surface area contributed by atoms with Gasteiger partial charge in [0.25, 0.3) is 0 Å². The molecular formula is C12H16N2O2. The molecule has 16 heavy (non-hydrogen) atoms. The van der Waals surface area contributed by atoms with Gasteiger partial charge in [0.05, 0.1) is 6.04 Å². The number of benzene rings is 1. The summed E-state index contributed by atoms with van der Waals surface area (Å²) < 4.78 is 0. The van der Waals surface area contributed by atoms with Gasteiger partial charge in [-0.25, -0.2) is 0 Å². The normalized spacial score (nSPS) is 11.8. The van der Waals surface area contributed by atoms with Gasteiger partial charge in [-0.15, -0.1) is 0 Å². The molecule has 86 valence electrons. The summed E-state index contributed by atoms with van der Waals surface area (Å²) in [6.07, 6.45) is 1.60. The van der Waals surface area contributed by atoms with Crippen LogP contribution in [0.2, 0.25) is 0 Å². The minimum absolute atomic E-state index is 0.217. The van der Waals surface area contributed by atoms with Crippen LogP contribution in [0.1, 0.15) is 12.0 Å². The van der Waals surface area contributed by atoms with Crippen molar-refractivity contribution in [3.63, 3.8) is 0 Å². The van der Waals surface area contributed by atoms with Crippen LogP contribution >= 0.6 is 0 Å². The minimum Gasteiger partial charge on any atom is -0.354 e. The Morgan fingerprint density at radius 2 is 2.06 bits per heavy atom. The Kier molecular flexibility index (Phi) is 5.22. The van der Waals surface area contributed by atoms with Crippen LogP contribution in [0.5, 0.6) is 0 Å². The zero-order chi connectivity index (χ0) is 11.8. The predicted molar refractivity (Wildman–Crippen MR) is 61.8 cm³/mol. The molecule has 1 aromatic carbocycles. The van der Waals surface area contributed by atoms with Crippen molar-refractivity contribution in [2.24, 2.45) is 5.73 Å². The fourth-order valence-electron chi connectivity index (χ4n) is 1.35. The summed E-state index contributed by atoms with van der Waals surface area (Å²) >= 11 is 0. The molecular weight excluding hydrogens is 204 g/mol. The largest absolute Gasteiger partial charge is 0.354 e. The SMILES string of the molecule is N[C@@H](Cc1ccccc1)C(=O)NCCC=O. The van der Waals surface area contributed by atoms with E-state index in [1.165, 1.54) is 0 Å². The molecule has 0 saturated carbocycles. The van der Waals surface area contributed by atoms with E-state index in [2.05, 4.69) is 5.32 Å². The van der Waals surface area contributed by atoms with E-state index < -0.39 is 6.04 Å². The van der Waals surface area contributed by atoms with Crippen molar-refractivity contribution < 1.29 is 9.59 Å². The molecule has 1 amide bonds. The van der Waals surface area contributed by atoms with Gasteiger partial charge in [-0.1, -0.05) is 30.3 Å². The lowest BCUT2D eigenvalue weighted by Crippen LogP contribution is -2.42. The third-order valence-electron chi connectivity index (χ3n) is 2.20. The predicted octanol–water partition coefficient (Wildman–Crippen LogP) is 0.262. The van der Waals surface area contributed by atoms with Crippen LogP contribution in [0.3, 0.4) is 0 Å². The lowest BCUT2D eigenvalue weighted by molar-refractivity contribution is -0.122. The van der Waals surface area contributed by atoms with Crippen LogP contribution in [0.4, 0.5) is 0 Å². The number of nitrogens with one attached hydrogen (secondary N) is 1. The molecule has 0 aliphatic rings. The quantitative estimate of drug-likeness (QED) is 0.533. The van der Waals surface area contributed by atoms with Crippen molar-refractivity contribution in [3.8, 4) is 0 Å². The Hall–Kier alpha value is -1.68. The Balaban J connectivity index is 2.37. The molecule has 0 unspecified atom stereocenters. The molecule has 4 heteroatoms. The molecule has 0 aromatic heterocycles. The van der Waals surface area contributed by atoms with E-state index in [0.717, 1.165) is 11.8 Å². The molecule has 0 spiro atoms. The third kappa shape index (κ3) is 4.23. The van der Waals surface area contributed by atoms with Crippen LogP contribution in [-0.2, 0) is 16.0 Å². The fraction of sp³-hybridized carbons (Fsp3) is 0.333. The Morgan fingerprint density at radius 1 is 1.38 bits per heavy atom. The van der Waals surface area contributed by atoms with Crippen molar-refractivity contribution in [3.05, 3.63) is 35.9 Å². The van der Waals surface area contributed by atoms with E-state index in [9.17, 15) is 9.59 Å². The van der Waals surface area contributed by atoms with Gasteiger partial charge in [-0.2, -0.15) is 0 Å². The van der Waals surface area contributed by atoms with Gasteiger partial charge in [0.1, 0.15) is 6.29 Å². The summed E-state index contributed by atoms with van der Waals surface area (Å²) in [6, 6.07) is 9.03. The standard InChI is InChI=1S/C12H16N2O2/c13-11(12(16)14-7-4-8-15)9-10-5-2-1-3-6-10/h1-3,5-6,8,11H,4,7,9,13H2,(H,14,16)/t11-/m0/s1. The van der Waals surface area contributed by atoms with Gasteiger partial charge in [0.2, 0.25) is 5.91 Å². The zero-order valence-electron chi connectivity index (χ0n) is 9.06. The number of amides is 1. The number of carbonyl (C=O) groups excluding carboxylic acids is 2. The molecule has 0 bridgehead atoms. The number of carbonyl (C=O) groups is 2. The lowest BCUT2D eigenvalue weighted by atomic mass is 10.1. The van der Waals surface area contributed by atoms with Gasteiger partial charge in [-0.3, -0.25) is 4.79 Å². The highest BCUT2D eigenvalue weighted by molar-refractivity contribution is 5.81. The Morgan fingerprint density at radius 3 is 2.69 bits per heavy atom. The smallest absolute Gasteiger partial charge is 0.237 e. The van der Waals surface area contributed by atoms with Gasteiger partial charge in [-0.05, 0) is 12.0 Å². The molecule has 0 aliphatic heterocycles. The van der Waals surface area contributed by atoms with Gasteiger partial charge >= 0.3 is 0 Å². The second-order valence-corrected chi connectivity index (χ2v) is 3.54. The molecule has 0 heterocycles. The molecule has 1 atom stereocenters. The number of rotatable bonds is 6. The number of aldehydes is 1. The Bertz CT molecular complexity index is 338. The van der Waals surface area contributed by atoms with Crippen molar-refractivity contribution >= 4 is 12.2 Å². The maximum absolute atomic E-state index is 11.5. The fourth-order valence-corrected chi connectivity index (χ4v) is 1.35. The van der Waals surface area contributed by atoms with Crippen LogP contribution < -0.4 is 11.1 Å². The number of hydrogen-bond donors (Lipinski definition) is 2. The Labute approximate surface area is 94.8 Å². The average Bonchev–Trinajstić information content (AvgIpc) is 2.30. The first kappa shape index (κ1) is 12.4. The second kappa shape index (κ2) is 6.74. The maximum atomic E-state index is 11.5. The zero-order valence-corrected chi connectivity index (χ0v) is 9.06. The molecule has 0 fully saturated rings. The van der Waals surface area contributed by atoms with Crippen LogP contribution in [0.25, 0.3) is 0 Å². The summed E-state index contributed by atoms with van der Waals surface area (Å²) in [6.45, 7) is 0.352. The van der Waals surface area contributed by atoms with Gasteiger partial charge < -0.3 is 15.8 Å². The summed E-state index contributed by atoms with van der Waals surface area (Å²) in [5, 5.41) is 2.61. The van der Waals surface area contributed by atoms with E-state index in [1.807, 2.05) is 30.3 Å². The molecule has 0 saturated heterocycles. The molecule has 0 radical (unpaired) electrons. The topological polar surface area (TPSA) is 72.2 Å². The molecule has 1 rings (SSSR count). The third-order valence-corrected chi connectivity index (χ3v) is 2.20. The second-order valence-electron chi connectivity index (χ2n) is 3.54. The molecule has 0 aliphatic carbocycles. The van der Waals surface area contributed by atoms with E-state index in [-0.39, 0.29) is 5.91 Å².